The van der Waals surface area contributed by atoms with Gasteiger partial charge in [-0.3, -0.25) is 4.99 Å². The largest absolute Gasteiger partial charge is 0.411 e. The summed E-state index contributed by atoms with van der Waals surface area (Å²) in [5, 5.41) is 21.3. The van der Waals surface area contributed by atoms with E-state index in [9.17, 15) is 5.21 Å². The van der Waals surface area contributed by atoms with Crippen LogP contribution in [0.1, 0.15) is 13.8 Å². The van der Waals surface area contributed by atoms with E-state index in [0.29, 0.717) is 34.0 Å². The van der Waals surface area contributed by atoms with Crippen LogP contribution in [0.3, 0.4) is 0 Å². The average Bonchev–Trinajstić information content (AvgIpc) is 2.34. The summed E-state index contributed by atoms with van der Waals surface area (Å²) in [6, 6.07) is 0. The molecular weight excluding hydrogens is 172 g/mol. The van der Waals surface area contributed by atoms with E-state index in [2.05, 4.69) is 10.3 Å². The number of rotatable bonds is 3. The molecule has 0 bridgehead atoms. The zero-order chi connectivity index (χ0) is 9.84. The highest BCUT2D eigenvalue weighted by molar-refractivity contribution is 5.37. The van der Waals surface area contributed by atoms with Gasteiger partial charge in [0.05, 0.1) is 6.20 Å². The third kappa shape index (κ3) is 1.77. The lowest BCUT2D eigenvalue weighted by molar-refractivity contribution is -0.0168. The Morgan fingerprint density at radius 1 is 1.46 bits per heavy atom. The van der Waals surface area contributed by atoms with Crippen molar-refractivity contribution < 1.29 is 10.4 Å². The van der Waals surface area contributed by atoms with E-state index in [1.807, 2.05) is 13.8 Å². The minimum absolute atomic E-state index is 0.326. The Labute approximate surface area is 75.7 Å². The summed E-state index contributed by atoms with van der Waals surface area (Å²) in [6.45, 7) is 5.02. The van der Waals surface area contributed by atoms with E-state index in [1.165, 1.54) is 6.20 Å². The third-order valence-electron chi connectivity index (χ3n) is 1.54. The van der Waals surface area contributed by atoms with Crippen LogP contribution in [-0.4, -0.2) is 33.2 Å². The summed E-state index contributed by atoms with van der Waals surface area (Å²) in [7, 11) is 0. The molecular formula is C7H14N4O2. The zero-order valence-electron chi connectivity index (χ0n) is 7.73. The summed E-state index contributed by atoms with van der Waals surface area (Å²) in [4.78, 5) is 5.18. The second-order valence-electron chi connectivity index (χ2n) is 2.48. The number of hydrogen-bond acceptors (Lipinski definition) is 4. The number of aromatic nitrogens is 2. The van der Waals surface area contributed by atoms with Gasteiger partial charge in [0.2, 0.25) is 5.49 Å². The first kappa shape index (κ1) is 9.50. The fraction of sp³-hybridized carbons (Fsp3) is 0.571. The number of nitrogens with zero attached hydrogens (tertiary/aromatic N) is 3. The fourth-order valence-corrected chi connectivity index (χ4v) is 1.05. The van der Waals surface area contributed by atoms with E-state index in [0.717, 1.165) is 0 Å². The van der Waals surface area contributed by atoms with Gasteiger partial charge in [0.15, 0.2) is 0 Å². The fourth-order valence-electron chi connectivity index (χ4n) is 1.05. The molecule has 13 heavy (non-hydrogen) atoms. The molecule has 0 saturated heterocycles. The van der Waals surface area contributed by atoms with Crippen molar-refractivity contribution in [2.75, 3.05) is 18.4 Å². The molecule has 1 aromatic heterocycles. The molecule has 0 fully saturated rings. The standard InChI is InChI=1S/C7H14N4O2/c1-3-8-6-5-10(12)11(13)7(6)9-4-2/h5,8,12-13H,3-4H2,1-2H3. The van der Waals surface area contributed by atoms with Gasteiger partial charge in [-0.25, -0.2) is 0 Å². The van der Waals surface area contributed by atoms with Crippen LogP contribution >= 0.6 is 0 Å². The van der Waals surface area contributed by atoms with Gasteiger partial charge in [-0.15, -0.1) is 0 Å². The topological polar surface area (TPSA) is 74.7 Å². The van der Waals surface area contributed by atoms with Gasteiger partial charge in [0.25, 0.3) is 0 Å². The van der Waals surface area contributed by atoms with Crippen LogP contribution in [0.15, 0.2) is 11.2 Å². The molecule has 0 unspecified atom stereocenters. The van der Waals surface area contributed by atoms with Gasteiger partial charge in [0, 0.05) is 13.1 Å². The maximum absolute atomic E-state index is 9.27. The van der Waals surface area contributed by atoms with Gasteiger partial charge < -0.3 is 15.7 Å². The zero-order valence-corrected chi connectivity index (χ0v) is 7.73. The van der Waals surface area contributed by atoms with E-state index in [4.69, 9.17) is 5.21 Å². The van der Waals surface area contributed by atoms with Crippen LogP contribution in [0, 0.1) is 0 Å². The van der Waals surface area contributed by atoms with Crippen LogP contribution in [-0.2, 0) is 0 Å². The van der Waals surface area contributed by atoms with Crippen LogP contribution in [0.25, 0.3) is 0 Å². The lowest BCUT2D eigenvalue weighted by Crippen LogP contribution is -2.22. The molecule has 0 radical (unpaired) electrons. The van der Waals surface area contributed by atoms with E-state index < -0.39 is 0 Å². The Hall–Kier alpha value is -1.59. The normalized spacial score (nSPS) is 12.0. The Morgan fingerprint density at radius 3 is 2.69 bits per heavy atom. The predicted molar refractivity (Wildman–Crippen MR) is 47.1 cm³/mol. The minimum atomic E-state index is 0.326. The van der Waals surface area contributed by atoms with Crippen molar-refractivity contribution in [2.24, 2.45) is 4.99 Å². The van der Waals surface area contributed by atoms with E-state index >= 15 is 0 Å². The second kappa shape index (κ2) is 3.88. The number of hydrogen-bond donors (Lipinski definition) is 3. The summed E-state index contributed by atoms with van der Waals surface area (Å²) in [6.07, 6.45) is 1.36. The van der Waals surface area contributed by atoms with Crippen LogP contribution < -0.4 is 10.8 Å². The maximum Gasteiger partial charge on any atom is 0.211 e. The van der Waals surface area contributed by atoms with E-state index in [1.54, 1.807) is 0 Å². The summed E-state index contributed by atoms with van der Waals surface area (Å²) in [5.74, 6) is 0. The van der Waals surface area contributed by atoms with Gasteiger partial charge in [0.1, 0.15) is 5.69 Å². The average molecular weight is 186 g/mol. The monoisotopic (exact) mass is 186 g/mol. The first-order chi connectivity index (χ1) is 6.20. The van der Waals surface area contributed by atoms with Crippen molar-refractivity contribution in [2.45, 2.75) is 13.8 Å². The third-order valence-corrected chi connectivity index (χ3v) is 1.54. The molecule has 1 aromatic rings. The molecule has 0 aliphatic rings. The molecule has 1 heterocycles. The minimum Gasteiger partial charge on any atom is -0.411 e. The molecule has 0 spiro atoms. The van der Waals surface area contributed by atoms with Gasteiger partial charge in [-0.1, -0.05) is 9.69 Å². The van der Waals surface area contributed by atoms with Crippen molar-refractivity contribution in [1.29, 1.82) is 0 Å². The highest BCUT2D eigenvalue weighted by Gasteiger charge is 2.05. The molecule has 6 heteroatoms. The lowest BCUT2D eigenvalue weighted by Gasteiger charge is -1.96. The first-order valence-corrected chi connectivity index (χ1v) is 4.18. The van der Waals surface area contributed by atoms with Crippen molar-refractivity contribution >= 4 is 5.69 Å². The Morgan fingerprint density at radius 2 is 2.15 bits per heavy atom. The van der Waals surface area contributed by atoms with E-state index in [-0.39, 0.29) is 0 Å². The number of anilines is 1. The molecule has 0 amide bonds. The highest BCUT2D eigenvalue weighted by Crippen LogP contribution is 1.97. The molecule has 0 aliphatic carbocycles. The number of nitrogens with one attached hydrogen (secondary N) is 1. The van der Waals surface area contributed by atoms with Crippen molar-refractivity contribution in [3.05, 3.63) is 11.7 Å². The molecule has 3 N–H and O–H groups in total. The SMILES string of the molecule is CCN=c1c(NCC)cn(O)n1O. The molecule has 6 nitrogen and oxygen atoms in total. The van der Waals surface area contributed by atoms with Crippen molar-refractivity contribution in [3.8, 4) is 0 Å². The highest BCUT2D eigenvalue weighted by atomic mass is 16.6. The Balaban J connectivity index is 3.19. The smallest absolute Gasteiger partial charge is 0.211 e. The summed E-state index contributed by atoms with van der Waals surface area (Å²) >= 11 is 0. The van der Waals surface area contributed by atoms with Crippen molar-refractivity contribution in [1.82, 2.24) is 9.69 Å². The molecule has 0 aromatic carbocycles. The summed E-state index contributed by atoms with van der Waals surface area (Å²) in [5.41, 5.74) is 0.932. The molecule has 0 atom stereocenters. The molecule has 1 rings (SSSR count). The first-order valence-electron chi connectivity index (χ1n) is 4.18. The quantitative estimate of drug-likeness (QED) is 0.587. The molecule has 0 aliphatic heterocycles. The van der Waals surface area contributed by atoms with Crippen LogP contribution in [0.4, 0.5) is 5.69 Å². The molecule has 74 valence electrons. The van der Waals surface area contributed by atoms with Crippen LogP contribution in [0.2, 0.25) is 0 Å². The van der Waals surface area contributed by atoms with Crippen molar-refractivity contribution in [3.63, 3.8) is 0 Å². The van der Waals surface area contributed by atoms with Gasteiger partial charge >= 0.3 is 0 Å². The lowest BCUT2D eigenvalue weighted by atomic mass is 10.5. The maximum atomic E-state index is 9.27. The van der Waals surface area contributed by atoms with Gasteiger partial charge in [-0.05, 0) is 13.8 Å². The Bertz CT molecular complexity index is 339. The summed E-state index contributed by atoms with van der Waals surface area (Å²) < 4.78 is 0. The Kier molecular flexibility index (Phi) is 2.84. The second-order valence-corrected chi connectivity index (χ2v) is 2.48. The van der Waals surface area contributed by atoms with Crippen LogP contribution in [0.5, 0.6) is 0 Å². The molecule has 0 saturated carbocycles. The predicted octanol–water partition coefficient (Wildman–Crippen LogP) is 0.117. The van der Waals surface area contributed by atoms with Gasteiger partial charge in [-0.2, -0.15) is 0 Å².